The lowest BCUT2D eigenvalue weighted by atomic mass is 9.94. The summed E-state index contributed by atoms with van der Waals surface area (Å²) in [6, 6.07) is 9.05. The van der Waals surface area contributed by atoms with Gasteiger partial charge in [0.2, 0.25) is 10.0 Å². The number of aromatic nitrogens is 2. The number of amides is 1. The first kappa shape index (κ1) is 20.3. The summed E-state index contributed by atoms with van der Waals surface area (Å²) in [6.45, 7) is 5.12. The van der Waals surface area contributed by atoms with E-state index in [-0.39, 0.29) is 22.4 Å². The Morgan fingerprint density at radius 3 is 2.43 bits per heavy atom. The number of hydrogen-bond acceptors (Lipinski definition) is 7. The quantitative estimate of drug-likeness (QED) is 0.660. The van der Waals surface area contributed by atoms with Crippen LogP contribution in [0, 0.1) is 11.8 Å². The molecule has 2 atom stereocenters. The summed E-state index contributed by atoms with van der Waals surface area (Å²) in [5.74, 6) is 0.664. The van der Waals surface area contributed by atoms with E-state index in [1.165, 1.54) is 34.8 Å². The topological polar surface area (TPSA) is 119 Å². The van der Waals surface area contributed by atoms with Crippen LogP contribution in [-0.2, 0) is 10.0 Å². The SMILES string of the molecule is C[C@@H]1C[C@@H](C)CN(S(=O)(=O)c2ccc(C(=O)Nc3nnc(-c4ccco4)o3)cc2)C1. The fraction of sp³-hybridized carbons (Fsp3) is 0.350. The lowest BCUT2D eigenvalue weighted by Gasteiger charge is -2.34. The van der Waals surface area contributed by atoms with Gasteiger partial charge in [-0.05, 0) is 54.7 Å². The third-order valence-electron chi connectivity index (χ3n) is 4.97. The molecule has 10 heteroatoms. The van der Waals surface area contributed by atoms with E-state index < -0.39 is 15.9 Å². The van der Waals surface area contributed by atoms with Crippen LogP contribution in [0.5, 0.6) is 0 Å². The van der Waals surface area contributed by atoms with Crippen molar-refractivity contribution in [2.75, 3.05) is 18.4 Å². The molecule has 3 aromatic rings. The fourth-order valence-corrected chi connectivity index (χ4v) is 5.35. The van der Waals surface area contributed by atoms with E-state index in [0.717, 1.165) is 6.42 Å². The second-order valence-electron chi connectivity index (χ2n) is 7.64. The minimum Gasteiger partial charge on any atom is -0.459 e. The number of nitrogens with zero attached hydrogens (tertiary/aromatic N) is 3. The molecule has 0 bridgehead atoms. The molecule has 1 saturated heterocycles. The van der Waals surface area contributed by atoms with Crippen molar-refractivity contribution in [2.24, 2.45) is 11.8 Å². The molecule has 4 rings (SSSR count). The molecule has 0 unspecified atom stereocenters. The maximum atomic E-state index is 12.9. The van der Waals surface area contributed by atoms with Crippen molar-refractivity contribution >= 4 is 21.9 Å². The predicted octanol–water partition coefficient (Wildman–Crippen LogP) is 3.25. The first-order chi connectivity index (χ1) is 14.3. The fourth-order valence-electron chi connectivity index (χ4n) is 3.67. The summed E-state index contributed by atoms with van der Waals surface area (Å²) in [5, 5.41) is 10.1. The average Bonchev–Trinajstić information content (AvgIpc) is 3.39. The minimum absolute atomic E-state index is 0.0839. The Hall–Kier alpha value is -2.98. The van der Waals surface area contributed by atoms with Gasteiger partial charge >= 0.3 is 6.01 Å². The zero-order chi connectivity index (χ0) is 21.3. The number of carbonyl (C=O) groups excluding carboxylic acids is 1. The largest absolute Gasteiger partial charge is 0.459 e. The molecule has 1 fully saturated rings. The van der Waals surface area contributed by atoms with Gasteiger partial charge in [-0.3, -0.25) is 10.1 Å². The third kappa shape index (κ3) is 4.14. The number of furan rings is 1. The molecule has 158 valence electrons. The Balaban J connectivity index is 1.46. The molecular weight excluding hydrogens is 408 g/mol. The van der Waals surface area contributed by atoms with Gasteiger partial charge in [0.15, 0.2) is 5.76 Å². The molecule has 0 saturated carbocycles. The molecule has 30 heavy (non-hydrogen) atoms. The summed E-state index contributed by atoms with van der Waals surface area (Å²) in [7, 11) is -3.60. The number of benzene rings is 1. The summed E-state index contributed by atoms with van der Waals surface area (Å²) in [6.07, 6.45) is 2.49. The van der Waals surface area contributed by atoms with Gasteiger partial charge in [-0.25, -0.2) is 8.42 Å². The van der Waals surface area contributed by atoms with Crippen LogP contribution in [0.15, 0.2) is 56.4 Å². The molecule has 2 aromatic heterocycles. The number of hydrogen-bond donors (Lipinski definition) is 1. The highest BCUT2D eigenvalue weighted by Crippen LogP contribution is 2.27. The van der Waals surface area contributed by atoms with E-state index in [1.54, 1.807) is 12.1 Å². The zero-order valence-electron chi connectivity index (χ0n) is 16.6. The second-order valence-corrected chi connectivity index (χ2v) is 9.57. The van der Waals surface area contributed by atoms with Crippen molar-refractivity contribution in [3.05, 3.63) is 48.2 Å². The van der Waals surface area contributed by atoms with Crippen LogP contribution in [0.2, 0.25) is 0 Å². The second kappa shape index (κ2) is 8.04. The zero-order valence-corrected chi connectivity index (χ0v) is 17.4. The molecule has 1 aliphatic rings. The molecule has 9 nitrogen and oxygen atoms in total. The molecule has 0 aliphatic carbocycles. The van der Waals surface area contributed by atoms with E-state index in [1.807, 2.05) is 0 Å². The monoisotopic (exact) mass is 430 g/mol. The van der Waals surface area contributed by atoms with Crippen molar-refractivity contribution in [2.45, 2.75) is 25.2 Å². The predicted molar refractivity (Wildman–Crippen MR) is 108 cm³/mol. The van der Waals surface area contributed by atoms with E-state index in [4.69, 9.17) is 8.83 Å². The Morgan fingerprint density at radius 1 is 1.10 bits per heavy atom. The van der Waals surface area contributed by atoms with E-state index in [2.05, 4.69) is 29.4 Å². The number of sulfonamides is 1. The van der Waals surface area contributed by atoms with E-state index in [9.17, 15) is 13.2 Å². The molecule has 0 spiro atoms. The van der Waals surface area contributed by atoms with Gasteiger partial charge in [-0.15, -0.1) is 5.10 Å². The van der Waals surface area contributed by atoms with Crippen molar-refractivity contribution in [3.63, 3.8) is 0 Å². The Bertz CT molecular complexity index is 1110. The van der Waals surface area contributed by atoms with Gasteiger partial charge in [-0.2, -0.15) is 4.31 Å². The molecule has 3 heterocycles. The van der Waals surface area contributed by atoms with Crippen molar-refractivity contribution in [1.82, 2.24) is 14.5 Å². The van der Waals surface area contributed by atoms with E-state index in [0.29, 0.717) is 30.7 Å². The first-order valence-electron chi connectivity index (χ1n) is 9.62. The Labute approximate surface area is 174 Å². The molecule has 1 aliphatic heterocycles. The first-order valence-corrected chi connectivity index (χ1v) is 11.1. The van der Waals surface area contributed by atoms with Gasteiger partial charge in [0, 0.05) is 18.7 Å². The van der Waals surface area contributed by atoms with Crippen LogP contribution in [0.3, 0.4) is 0 Å². The van der Waals surface area contributed by atoms with Crippen molar-refractivity contribution < 1.29 is 22.0 Å². The highest BCUT2D eigenvalue weighted by Gasteiger charge is 2.31. The van der Waals surface area contributed by atoms with Crippen LogP contribution >= 0.6 is 0 Å². The number of rotatable bonds is 5. The number of nitrogens with one attached hydrogen (secondary N) is 1. The van der Waals surface area contributed by atoms with Crippen LogP contribution < -0.4 is 5.32 Å². The number of anilines is 1. The molecular formula is C20H22N4O5S. The van der Waals surface area contributed by atoms with Crippen LogP contribution in [0.4, 0.5) is 6.01 Å². The molecule has 1 aromatic carbocycles. The van der Waals surface area contributed by atoms with Crippen LogP contribution in [0.25, 0.3) is 11.7 Å². The van der Waals surface area contributed by atoms with Crippen molar-refractivity contribution in [3.8, 4) is 11.7 Å². The maximum absolute atomic E-state index is 12.9. The van der Waals surface area contributed by atoms with Gasteiger partial charge in [-0.1, -0.05) is 18.9 Å². The average molecular weight is 430 g/mol. The lowest BCUT2D eigenvalue weighted by Crippen LogP contribution is -2.42. The highest BCUT2D eigenvalue weighted by atomic mass is 32.2. The summed E-state index contributed by atoms with van der Waals surface area (Å²) in [4.78, 5) is 12.6. The standard InChI is InChI=1S/C20H22N4O5S/c1-13-10-14(2)12-24(11-13)30(26,27)16-7-5-15(6-8-16)18(25)21-20-23-22-19(29-20)17-4-3-9-28-17/h3-9,13-14H,10-12H2,1-2H3,(H,21,23,25)/t13-,14-/m1/s1. The smallest absolute Gasteiger partial charge is 0.322 e. The number of carbonyl (C=O) groups is 1. The highest BCUT2D eigenvalue weighted by molar-refractivity contribution is 7.89. The normalized spacial score (nSPS) is 20.2. The summed E-state index contributed by atoms with van der Waals surface area (Å²) in [5.41, 5.74) is 0.270. The minimum atomic E-state index is -3.60. The van der Waals surface area contributed by atoms with Gasteiger partial charge in [0.1, 0.15) is 0 Å². The molecule has 1 N–H and O–H groups in total. The maximum Gasteiger partial charge on any atom is 0.322 e. The molecule has 0 radical (unpaired) electrons. The van der Waals surface area contributed by atoms with E-state index >= 15 is 0 Å². The summed E-state index contributed by atoms with van der Waals surface area (Å²) >= 11 is 0. The Kier molecular flexibility index (Phi) is 5.44. The Morgan fingerprint density at radius 2 is 1.80 bits per heavy atom. The number of piperidine rings is 1. The third-order valence-corrected chi connectivity index (χ3v) is 6.81. The molecule has 1 amide bonds. The van der Waals surface area contributed by atoms with Crippen LogP contribution in [0.1, 0.15) is 30.6 Å². The van der Waals surface area contributed by atoms with Gasteiger partial charge in [0.25, 0.3) is 11.8 Å². The van der Waals surface area contributed by atoms with Gasteiger partial charge < -0.3 is 8.83 Å². The van der Waals surface area contributed by atoms with Crippen LogP contribution in [-0.4, -0.2) is 41.9 Å². The lowest BCUT2D eigenvalue weighted by molar-refractivity contribution is 0.102. The van der Waals surface area contributed by atoms with Gasteiger partial charge in [0.05, 0.1) is 11.2 Å². The van der Waals surface area contributed by atoms with Crippen molar-refractivity contribution in [1.29, 1.82) is 0 Å². The summed E-state index contributed by atoms with van der Waals surface area (Å²) < 4.78 is 37.9.